The van der Waals surface area contributed by atoms with Gasteiger partial charge in [-0.25, -0.2) is 4.79 Å². The number of thiocarbonyl (C=S) groups is 1. The number of carbonyl (C=O) groups is 3. The Bertz CT molecular complexity index is 1420. The average molecular weight is 537 g/mol. The van der Waals surface area contributed by atoms with E-state index in [4.69, 9.17) is 33.3 Å². The van der Waals surface area contributed by atoms with Crippen LogP contribution in [0.5, 0.6) is 11.5 Å². The van der Waals surface area contributed by atoms with Crippen molar-refractivity contribution in [3.8, 4) is 11.5 Å². The van der Waals surface area contributed by atoms with Crippen molar-refractivity contribution in [2.24, 2.45) is 0 Å². The summed E-state index contributed by atoms with van der Waals surface area (Å²) in [5.41, 5.74) is 1.32. The van der Waals surface area contributed by atoms with Crippen LogP contribution in [0.2, 0.25) is 5.02 Å². The first-order valence-corrected chi connectivity index (χ1v) is 11.9. The highest BCUT2D eigenvalue weighted by Crippen LogP contribution is 2.38. The van der Waals surface area contributed by atoms with Gasteiger partial charge in [-0.05, 0) is 66.7 Å². The third-order valence-electron chi connectivity index (χ3n) is 5.32. The SMILES string of the molecule is CCOc1cc(C=C2C(=O)NC(=S)N(c3cccc(C(=O)O)c3)C2=O)cc(Cl)c1OCc1ccccc1. The van der Waals surface area contributed by atoms with Crippen molar-refractivity contribution in [1.82, 2.24) is 5.32 Å². The summed E-state index contributed by atoms with van der Waals surface area (Å²) in [5.74, 6) is -1.89. The summed E-state index contributed by atoms with van der Waals surface area (Å²) in [7, 11) is 0. The smallest absolute Gasteiger partial charge is 0.335 e. The molecule has 0 unspecified atom stereocenters. The number of nitrogens with one attached hydrogen (secondary N) is 1. The van der Waals surface area contributed by atoms with E-state index >= 15 is 0 Å². The topological polar surface area (TPSA) is 105 Å². The first kappa shape index (κ1) is 25.9. The predicted octanol–water partition coefficient (Wildman–Crippen LogP) is 4.85. The van der Waals surface area contributed by atoms with Crippen molar-refractivity contribution in [2.45, 2.75) is 13.5 Å². The van der Waals surface area contributed by atoms with Gasteiger partial charge in [0.1, 0.15) is 12.2 Å². The lowest BCUT2D eigenvalue weighted by Crippen LogP contribution is -2.54. The van der Waals surface area contributed by atoms with E-state index in [2.05, 4.69) is 5.32 Å². The van der Waals surface area contributed by atoms with Crippen LogP contribution in [-0.2, 0) is 16.2 Å². The maximum Gasteiger partial charge on any atom is 0.335 e. The van der Waals surface area contributed by atoms with Crippen LogP contribution in [0.3, 0.4) is 0 Å². The molecule has 0 aromatic heterocycles. The van der Waals surface area contributed by atoms with E-state index < -0.39 is 17.8 Å². The Morgan fingerprint density at radius 1 is 1.08 bits per heavy atom. The highest BCUT2D eigenvalue weighted by atomic mass is 35.5. The molecule has 188 valence electrons. The van der Waals surface area contributed by atoms with Crippen LogP contribution in [0.15, 0.2) is 72.3 Å². The lowest BCUT2D eigenvalue weighted by molar-refractivity contribution is -0.122. The molecule has 2 amide bonds. The molecule has 1 aliphatic rings. The minimum atomic E-state index is -1.16. The first-order valence-electron chi connectivity index (χ1n) is 11.2. The Labute approximate surface area is 223 Å². The summed E-state index contributed by atoms with van der Waals surface area (Å²) in [5, 5.41) is 11.8. The van der Waals surface area contributed by atoms with Gasteiger partial charge >= 0.3 is 5.97 Å². The molecule has 1 fully saturated rings. The van der Waals surface area contributed by atoms with Gasteiger partial charge in [0.15, 0.2) is 16.6 Å². The molecule has 0 saturated carbocycles. The van der Waals surface area contributed by atoms with Gasteiger partial charge in [-0.1, -0.05) is 48.0 Å². The predicted molar refractivity (Wildman–Crippen MR) is 143 cm³/mol. The summed E-state index contributed by atoms with van der Waals surface area (Å²) in [6.45, 7) is 2.41. The standard InChI is InChI=1S/C27H21ClN2O6S/c1-2-35-22-13-17(12-21(28)23(22)36-15-16-7-4-3-5-8-16)11-20-24(31)29-27(37)30(25(20)32)19-10-6-9-18(14-19)26(33)34/h3-14H,2,15H2,1H3,(H,33,34)(H,29,31,37). The molecule has 0 spiro atoms. The number of amides is 2. The fraction of sp³-hybridized carbons (Fsp3) is 0.111. The molecule has 1 aliphatic heterocycles. The molecule has 1 saturated heterocycles. The van der Waals surface area contributed by atoms with Crippen molar-refractivity contribution in [1.29, 1.82) is 0 Å². The van der Waals surface area contributed by atoms with E-state index in [1.54, 1.807) is 12.1 Å². The second-order valence-corrected chi connectivity index (χ2v) is 8.64. The summed E-state index contributed by atoms with van der Waals surface area (Å²) in [4.78, 5) is 38.5. The molecule has 3 aromatic carbocycles. The second-order valence-electron chi connectivity index (χ2n) is 7.85. The average Bonchev–Trinajstić information content (AvgIpc) is 2.87. The normalized spacial score (nSPS) is 14.5. The largest absolute Gasteiger partial charge is 0.490 e. The van der Waals surface area contributed by atoms with Gasteiger partial charge in [0, 0.05) is 0 Å². The number of aromatic carboxylic acids is 1. The number of anilines is 1. The van der Waals surface area contributed by atoms with Crippen LogP contribution in [0.25, 0.3) is 6.08 Å². The monoisotopic (exact) mass is 536 g/mol. The van der Waals surface area contributed by atoms with Crippen molar-refractivity contribution >= 4 is 58.5 Å². The molecule has 0 aliphatic carbocycles. The number of hydrogen-bond acceptors (Lipinski definition) is 6. The molecular formula is C27H21ClN2O6S. The van der Waals surface area contributed by atoms with Gasteiger partial charge in [0.05, 0.1) is 22.9 Å². The van der Waals surface area contributed by atoms with Gasteiger partial charge in [0.2, 0.25) is 0 Å². The molecule has 2 N–H and O–H groups in total. The number of nitrogens with zero attached hydrogens (tertiary/aromatic N) is 1. The number of benzene rings is 3. The Morgan fingerprint density at radius 2 is 1.84 bits per heavy atom. The van der Waals surface area contributed by atoms with E-state index in [1.807, 2.05) is 37.3 Å². The van der Waals surface area contributed by atoms with E-state index in [-0.39, 0.29) is 33.6 Å². The van der Waals surface area contributed by atoms with E-state index in [1.165, 1.54) is 30.3 Å². The number of carboxylic acids is 1. The summed E-state index contributed by atoms with van der Waals surface area (Å²) >= 11 is 11.7. The minimum absolute atomic E-state index is 0.0326. The molecule has 4 rings (SSSR count). The number of carbonyl (C=O) groups excluding carboxylic acids is 2. The molecule has 3 aromatic rings. The van der Waals surface area contributed by atoms with Gasteiger partial charge in [-0.2, -0.15) is 0 Å². The molecule has 8 nitrogen and oxygen atoms in total. The van der Waals surface area contributed by atoms with Crippen LogP contribution < -0.4 is 19.7 Å². The maximum absolute atomic E-state index is 13.3. The lowest BCUT2D eigenvalue weighted by Gasteiger charge is -2.29. The number of ether oxygens (including phenoxy) is 2. The van der Waals surface area contributed by atoms with Crippen LogP contribution in [-0.4, -0.2) is 34.6 Å². The molecular weight excluding hydrogens is 516 g/mol. The minimum Gasteiger partial charge on any atom is -0.490 e. The molecule has 37 heavy (non-hydrogen) atoms. The van der Waals surface area contributed by atoms with Crippen LogP contribution in [0.1, 0.15) is 28.4 Å². The number of carboxylic acid groups (broad SMARTS) is 1. The van der Waals surface area contributed by atoms with Crippen molar-refractivity contribution in [3.05, 3.63) is 94.0 Å². The highest BCUT2D eigenvalue weighted by Gasteiger charge is 2.35. The van der Waals surface area contributed by atoms with Crippen molar-refractivity contribution in [2.75, 3.05) is 11.5 Å². The Morgan fingerprint density at radius 3 is 2.54 bits per heavy atom. The quantitative estimate of drug-likeness (QED) is 0.241. The zero-order chi connectivity index (χ0) is 26.5. The Balaban J connectivity index is 1.67. The summed E-state index contributed by atoms with van der Waals surface area (Å²) < 4.78 is 11.6. The molecule has 0 atom stereocenters. The fourth-order valence-electron chi connectivity index (χ4n) is 3.64. The Hall–Kier alpha value is -4.21. The molecule has 0 radical (unpaired) electrons. The third-order valence-corrected chi connectivity index (χ3v) is 5.89. The summed E-state index contributed by atoms with van der Waals surface area (Å²) in [6.07, 6.45) is 1.36. The van der Waals surface area contributed by atoms with E-state index in [0.717, 1.165) is 10.5 Å². The molecule has 1 heterocycles. The summed E-state index contributed by atoms with van der Waals surface area (Å²) in [6, 6.07) is 18.4. The first-order chi connectivity index (χ1) is 17.8. The van der Waals surface area contributed by atoms with Crippen LogP contribution >= 0.6 is 23.8 Å². The van der Waals surface area contributed by atoms with E-state index in [0.29, 0.717) is 23.7 Å². The van der Waals surface area contributed by atoms with Crippen LogP contribution in [0, 0.1) is 0 Å². The lowest BCUT2D eigenvalue weighted by atomic mass is 10.1. The van der Waals surface area contributed by atoms with Crippen LogP contribution in [0.4, 0.5) is 5.69 Å². The van der Waals surface area contributed by atoms with Gasteiger partial charge < -0.3 is 14.6 Å². The molecule has 0 bridgehead atoms. The number of halogens is 1. The van der Waals surface area contributed by atoms with Gasteiger partial charge in [0.25, 0.3) is 11.8 Å². The van der Waals surface area contributed by atoms with E-state index in [9.17, 15) is 19.5 Å². The zero-order valence-electron chi connectivity index (χ0n) is 19.6. The van der Waals surface area contributed by atoms with Gasteiger partial charge in [-0.3, -0.25) is 19.8 Å². The zero-order valence-corrected chi connectivity index (χ0v) is 21.1. The Kier molecular flexibility index (Phi) is 7.86. The third kappa shape index (κ3) is 5.79. The van der Waals surface area contributed by atoms with Crippen molar-refractivity contribution in [3.63, 3.8) is 0 Å². The fourth-order valence-corrected chi connectivity index (χ4v) is 4.20. The van der Waals surface area contributed by atoms with Crippen molar-refractivity contribution < 1.29 is 29.0 Å². The highest BCUT2D eigenvalue weighted by molar-refractivity contribution is 7.80. The second kappa shape index (κ2) is 11.2. The number of rotatable bonds is 8. The molecule has 10 heteroatoms. The maximum atomic E-state index is 13.3. The number of hydrogen-bond donors (Lipinski definition) is 2. The van der Waals surface area contributed by atoms with Gasteiger partial charge in [-0.15, -0.1) is 0 Å².